The van der Waals surface area contributed by atoms with E-state index in [1.807, 2.05) is 18.2 Å². The first-order valence-electron chi connectivity index (χ1n) is 5.55. The third-order valence-electron chi connectivity index (χ3n) is 2.41. The second kappa shape index (κ2) is 5.92. The predicted molar refractivity (Wildman–Crippen MR) is 69.0 cm³/mol. The van der Waals surface area contributed by atoms with Gasteiger partial charge in [0.2, 0.25) is 0 Å². The van der Waals surface area contributed by atoms with Gasteiger partial charge in [0.15, 0.2) is 0 Å². The number of rotatable bonds is 1. The quantitative estimate of drug-likeness (QED) is 0.662. The molecule has 0 heterocycles. The van der Waals surface area contributed by atoms with E-state index in [1.54, 1.807) is 12.1 Å². The lowest BCUT2D eigenvalue weighted by Gasteiger charge is -1.98. The van der Waals surface area contributed by atoms with Crippen molar-refractivity contribution in [3.8, 4) is 11.8 Å². The maximum atomic E-state index is 13.9. The van der Waals surface area contributed by atoms with Gasteiger partial charge in [-0.2, -0.15) is 8.78 Å². The fourth-order valence-corrected chi connectivity index (χ4v) is 1.54. The highest BCUT2D eigenvalue weighted by atomic mass is 19.3. The molecule has 0 aromatic heterocycles. The Balaban J connectivity index is 2.37. The molecule has 2 aromatic rings. The lowest BCUT2D eigenvalue weighted by atomic mass is 10.1. The van der Waals surface area contributed by atoms with Crippen LogP contribution in [-0.2, 0) is 0 Å². The van der Waals surface area contributed by atoms with Crippen molar-refractivity contribution in [2.24, 2.45) is 0 Å². The molecule has 0 fully saturated rings. The highest BCUT2D eigenvalue weighted by molar-refractivity contribution is 5.55. The Hall–Kier alpha value is -2.47. The smallest absolute Gasteiger partial charge is 0.205 e. The molecule has 0 spiro atoms. The Morgan fingerprint density at radius 2 is 1.63 bits per heavy atom. The minimum Gasteiger partial charge on any atom is -0.205 e. The molecule has 0 saturated heterocycles. The SMILES string of the molecule is FC(F)=Cc1cccc(C#Cc2ccccc2)c1F. The van der Waals surface area contributed by atoms with Crippen molar-refractivity contribution in [1.82, 2.24) is 0 Å². The van der Waals surface area contributed by atoms with Gasteiger partial charge in [0, 0.05) is 17.2 Å². The fraction of sp³-hybridized carbons (Fsp3) is 0. The van der Waals surface area contributed by atoms with Crippen molar-refractivity contribution in [3.05, 3.63) is 77.1 Å². The molecule has 2 rings (SSSR count). The monoisotopic (exact) mass is 258 g/mol. The number of halogens is 3. The second-order valence-electron chi connectivity index (χ2n) is 3.76. The molecule has 0 aliphatic rings. The number of benzene rings is 2. The molecule has 0 saturated carbocycles. The van der Waals surface area contributed by atoms with E-state index < -0.39 is 11.9 Å². The van der Waals surface area contributed by atoms with Crippen molar-refractivity contribution in [2.45, 2.75) is 0 Å². The summed E-state index contributed by atoms with van der Waals surface area (Å²) in [4.78, 5) is 0. The van der Waals surface area contributed by atoms with E-state index in [2.05, 4.69) is 11.8 Å². The van der Waals surface area contributed by atoms with E-state index in [9.17, 15) is 13.2 Å². The largest absolute Gasteiger partial charge is 0.271 e. The van der Waals surface area contributed by atoms with Gasteiger partial charge in [-0.3, -0.25) is 0 Å². The summed E-state index contributed by atoms with van der Waals surface area (Å²) in [5.41, 5.74) is 0.665. The van der Waals surface area contributed by atoms with E-state index in [0.29, 0.717) is 6.08 Å². The van der Waals surface area contributed by atoms with Crippen LogP contribution in [0.3, 0.4) is 0 Å². The molecule has 0 aliphatic carbocycles. The van der Waals surface area contributed by atoms with Crippen LogP contribution in [0.25, 0.3) is 6.08 Å². The lowest BCUT2D eigenvalue weighted by molar-refractivity contribution is 0.429. The Bertz CT molecular complexity index is 657. The third kappa shape index (κ3) is 3.49. The van der Waals surface area contributed by atoms with Crippen LogP contribution in [0.5, 0.6) is 0 Å². The van der Waals surface area contributed by atoms with Crippen LogP contribution in [0.4, 0.5) is 13.2 Å². The minimum atomic E-state index is -1.94. The van der Waals surface area contributed by atoms with Crippen molar-refractivity contribution in [2.75, 3.05) is 0 Å². The average molecular weight is 258 g/mol. The Morgan fingerprint density at radius 1 is 0.895 bits per heavy atom. The van der Waals surface area contributed by atoms with E-state index in [1.165, 1.54) is 18.2 Å². The molecule has 94 valence electrons. The standard InChI is InChI=1S/C16H9F3/c17-15(18)11-14-8-4-7-13(16(14)19)10-9-12-5-2-1-3-6-12/h1-8,11H. The van der Waals surface area contributed by atoms with Crippen LogP contribution in [0, 0.1) is 17.7 Å². The molecule has 0 atom stereocenters. The van der Waals surface area contributed by atoms with Crippen LogP contribution in [0.1, 0.15) is 16.7 Å². The highest BCUT2D eigenvalue weighted by Crippen LogP contribution is 2.16. The normalized spacial score (nSPS) is 9.42. The summed E-state index contributed by atoms with van der Waals surface area (Å²) in [7, 11) is 0. The van der Waals surface area contributed by atoms with Crippen LogP contribution in [-0.4, -0.2) is 0 Å². The second-order valence-corrected chi connectivity index (χ2v) is 3.76. The molecular weight excluding hydrogens is 249 g/mol. The molecule has 0 N–H and O–H groups in total. The highest BCUT2D eigenvalue weighted by Gasteiger charge is 2.05. The molecule has 0 radical (unpaired) electrons. The lowest BCUT2D eigenvalue weighted by Crippen LogP contribution is -1.88. The molecular formula is C16H9F3. The summed E-state index contributed by atoms with van der Waals surface area (Å²) in [5, 5.41) is 0. The zero-order chi connectivity index (χ0) is 13.7. The molecule has 0 unspecified atom stereocenters. The van der Waals surface area contributed by atoms with Crippen molar-refractivity contribution < 1.29 is 13.2 Å². The van der Waals surface area contributed by atoms with Crippen molar-refractivity contribution in [3.63, 3.8) is 0 Å². The first-order valence-corrected chi connectivity index (χ1v) is 5.55. The van der Waals surface area contributed by atoms with E-state index in [-0.39, 0.29) is 11.1 Å². The Morgan fingerprint density at radius 3 is 2.32 bits per heavy atom. The van der Waals surface area contributed by atoms with Gasteiger partial charge in [-0.25, -0.2) is 4.39 Å². The molecule has 19 heavy (non-hydrogen) atoms. The summed E-state index contributed by atoms with van der Waals surface area (Å²) in [6.07, 6.45) is -1.45. The van der Waals surface area contributed by atoms with Gasteiger partial charge in [-0.1, -0.05) is 42.2 Å². The summed E-state index contributed by atoms with van der Waals surface area (Å²) < 4.78 is 38.1. The van der Waals surface area contributed by atoms with Crippen LogP contribution < -0.4 is 0 Å². The summed E-state index contributed by atoms with van der Waals surface area (Å²) in [6, 6.07) is 13.3. The molecule has 2 aromatic carbocycles. The van der Waals surface area contributed by atoms with Crippen molar-refractivity contribution in [1.29, 1.82) is 0 Å². The average Bonchev–Trinajstić information content (AvgIpc) is 2.40. The van der Waals surface area contributed by atoms with Gasteiger partial charge in [0.05, 0.1) is 5.56 Å². The summed E-state index contributed by atoms with van der Waals surface area (Å²) in [6.45, 7) is 0. The maximum Gasteiger partial charge on any atom is 0.271 e. The van der Waals surface area contributed by atoms with Crippen LogP contribution >= 0.6 is 0 Å². The molecule has 0 bridgehead atoms. The van der Waals surface area contributed by atoms with Gasteiger partial charge >= 0.3 is 0 Å². The zero-order valence-electron chi connectivity index (χ0n) is 9.83. The van der Waals surface area contributed by atoms with Gasteiger partial charge in [0.25, 0.3) is 6.08 Å². The molecule has 0 nitrogen and oxygen atoms in total. The van der Waals surface area contributed by atoms with Gasteiger partial charge in [-0.05, 0) is 18.2 Å². The molecule has 3 heteroatoms. The first kappa shape index (κ1) is 13.0. The number of hydrogen-bond acceptors (Lipinski definition) is 0. The fourth-order valence-electron chi connectivity index (χ4n) is 1.54. The van der Waals surface area contributed by atoms with Gasteiger partial charge in [0.1, 0.15) is 5.82 Å². The molecule has 0 amide bonds. The van der Waals surface area contributed by atoms with Crippen molar-refractivity contribution >= 4 is 6.08 Å². The topological polar surface area (TPSA) is 0 Å². The predicted octanol–water partition coefficient (Wildman–Crippen LogP) is 4.46. The summed E-state index contributed by atoms with van der Waals surface area (Å²) in [5.74, 6) is 4.69. The first-order chi connectivity index (χ1) is 9.16. The van der Waals surface area contributed by atoms with Crippen LogP contribution in [0.2, 0.25) is 0 Å². The van der Waals surface area contributed by atoms with Gasteiger partial charge < -0.3 is 0 Å². The number of hydrogen-bond donors (Lipinski definition) is 0. The minimum absolute atomic E-state index is 0.0962. The van der Waals surface area contributed by atoms with E-state index >= 15 is 0 Å². The van der Waals surface area contributed by atoms with Crippen LogP contribution in [0.15, 0.2) is 54.6 Å². The Labute approximate surface area is 109 Å². The van der Waals surface area contributed by atoms with Gasteiger partial charge in [-0.15, -0.1) is 0 Å². The third-order valence-corrected chi connectivity index (χ3v) is 2.41. The molecule has 0 aliphatic heterocycles. The Kier molecular flexibility index (Phi) is 4.04. The zero-order valence-corrected chi connectivity index (χ0v) is 9.83. The van der Waals surface area contributed by atoms with E-state index in [4.69, 9.17) is 0 Å². The van der Waals surface area contributed by atoms with E-state index in [0.717, 1.165) is 5.56 Å². The summed E-state index contributed by atoms with van der Waals surface area (Å²) >= 11 is 0. The maximum absolute atomic E-state index is 13.9.